The van der Waals surface area contributed by atoms with Crippen LogP contribution in [0.3, 0.4) is 0 Å². The smallest absolute Gasteiger partial charge is 0.0517 e. The Balaban J connectivity index is 0.924. The van der Waals surface area contributed by atoms with E-state index < -0.39 is 0 Å². The second-order valence-corrected chi connectivity index (χ2v) is 17.6. The van der Waals surface area contributed by atoms with E-state index in [1.54, 1.807) is 0 Å². The molecule has 0 amide bonds. The molecule has 0 bridgehead atoms. The van der Waals surface area contributed by atoms with Crippen LogP contribution in [0.2, 0.25) is 0 Å². The molecule has 4 unspecified atom stereocenters. The first-order chi connectivity index (χ1) is 25.7. The fraction of sp³-hybridized carbons (Fsp3) is 0.294. The van der Waals surface area contributed by atoms with Gasteiger partial charge in [-0.3, -0.25) is 0 Å². The highest BCUT2D eigenvalue weighted by Gasteiger charge is 2.60. The van der Waals surface area contributed by atoms with Crippen LogP contribution in [0.15, 0.2) is 133 Å². The lowest BCUT2D eigenvalue weighted by Crippen LogP contribution is -2.48. The average Bonchev–Trinajstić information content (AvgIpc) is 3.89. The third-order valence-corrected chi connectivity index (χ3v) is 15.3. The molecule has 3 aliphatic carbocycles. The van der Waals surface area contributed by atoms with Crippen LogP contribution in [0.25, 0.3) is 33.4 Å². The van der Waals surface area contributed by atoms with Gasteiger partial charge in [-0.05, 0) is 150 Å². The van der Waals surface area contributed by atoms with Gasteiger partial charge in [0, 0.05) is 33.6 Å². The number of hydrogen-bond acceptors (Lipinski definition) is 2. The van der Waals surface area contributed by atoms with E-state index >= 15 is 0 Å². The summed E-state index contributed by atoms with van der Waals surface area (Å²) >= 11 is 0. The van der Waals surface area contributed by atoms with Crippen molar-refractivity contribution in [2.24, 2.45) is 0 Å². The first kappa shape index (κ1) is 31.4. The second kappa shape index (κ2) is 10.8. The molecule has 6 aromatic rings. The minimum atomic E-state index is 0.0845. The lowest BCUT2D eigenvalue weighted by molar-refractivity contribution is 0.330. The molecular formula is C51H48N2. The third kappa shape index (κ3) is 4.05. The summed E-state index contributed by atoms with van der Waals surface area (Å²) in [5, 5.41) is 0. The summed E-state index contributed by atoms with van der Waals surface area (Å²) in [6.07, 6.45) is 8.44. The molecule has 6 aromatic carbocycles. The van der Waals surface area contributed by atoms with E-state index in [1.807, 2.05) is 0 Å². The molecule has 2 saturated carbocycles. The van der Waals surface area contributed by atoms with Crippen molar-refractivity contribution >= 4 is 22.7 Å². The van der Waals surface area contributed by atoms with Gasteiger partial charge in [0.05, 0.1) is 11.1 Å². The van der Waals surface area contributed by atoms with E-state index in [9.17, 15) is 0 Å². The molecule has 0 saturated heterocycles. The first-order valence-electron chi connectivity index (χ1n) is 20.0. The predicted molar refractivity (Wildman–Crippen MR) is 222 cm³/mol. The summed E-state index contributed by atoms with van der Waals surface area (Å²) < 4.78 is 0. The molecule has 2 heterocycles. The Morgan fingerprint density at radius 2 is 0.811 bits per heavy atom. The van der Waals surface area contributed by atoms with Gasteiger partial charge in [-0.15, -0.1) is 0 Å². The number of hydrogen-bond donors (Lipinski definition) is 0. The van der Waals surface area contributed by atoms with Crippen molar-refractivity contribution in [2.45, 2.75) is 94.5 Å². The van der Waals surface area contributed by atoms with E-state index in [4.69, 9.17) is 0 Å². The van der Waals surface area contributed by atoms with Crippen molar-refractivity contribution in [3.05, 3.63) is 156 Å². The lowest BCUT2D eigenvalue weighted by atomic mass is 9.72. The molecule has 4 atom stereocenters. The van der Waals surface area contributed by atoms with E-state index in [1.165, 1.54) is 117 Å². The zero-order valence-electron chi connectivity index (χ0n) is 31.5. The first-order valence-corrected chi connectivity index (χ1v) is 20.0. The topological polar surface area (TPSA) is 6.48 Å². The van der Waals surface area contributed by atoms with E-state index in [2.05, 4.69) is 171 Å². The van der Waals surface area contributed by atoms with Crippen molar-refractivity contribution in [3.8, 4) is 33.4 Å². The van der Waals surface area contributed by atoms with Crippen molar-refractivity contribution in [1.29, 1.82) is 0 Å². The highest BCUT2D eigenvalue weighted by Crippen LogP contribution is 2.64. The Kier molecular flexibility index (Phi) is 6.38. The SMILES string of the molecule is CC12CCCC1(C)N(c1ccccc1)c1ccc(-c3ccc4c(c3)Cc3cc(-c5ccc6c(c5)C5(C)CCCC5(C)N6c5ccccc5)ccc3-4)cc12. The van der Waals surface area contributed by atoms with Crippen LogP contribution in [-0.4, -0.2) is 11.1 Å². The molecule has 0 N–H and O–H groups in total. The normalized spacial score (nSPS) is 27.3. The number of para-hydroxylation sites is 2. The Morgan fingerprint density at radius 3 is 1.25 bits per heavy atom. The van der Waals surface area contributed by atoms with Crippen molar-refractivity contribution < 1.29 is 0 Å². The van der Waals surface area contributed by atoms with Gasteiger partial charge in [0.15, 0.2) is 0 Å². The van der Waals surface area contributed by atoms with Gasteiger partial charge in [0.2, 0.25) is 0 Å². The summed E-state index contributed by atoms with van der Waals surface area (Å²) in [5.74, 6) is 0. The van der Waals surface area contributed by atoms with Crippen LogP contribution in [0.5, 0.6) is 0 Å². The fourth-order valence-electron chi connectivity index (χ4n) is 12.0. The summed E-state index contributed by atoms with van der Waals surface area (Å²) in [6, 6.07) is 51.2. The number of nitrogens with zero attached hydrogens (tertiary/aromatic N) is 2. The lowest BCUT2D eigenvalue weighted by Gasteiger charge is -2.42. The van der Waals surface area contributed by atoms with Gasteiger partial charge < -0.3 is 9.80 Å². The van der Waals surface area contributed by atoms with E-state index in [-0.39, 0.29) is 21.9 Å². The van der Waals surface area contributed by atoms with E-state index in [0.29, 0.717) is 0 Å². The molecule has 0 radical (unpaired) electrons. The maximum absolute atomic E-state index is 2.66. The van der Waals surface area contributed by atoms with Crippen LogP contribution in [-0.2, 0) is 17.3 Å². The maximum Gasteiger partial charge on any atom is 0.0517 e. The molecule has 0 aromatic heterocycles. The molecule has 2 heteroatoms. The monoisotopic (exact) mass is 688 g/mol. The van der Waals surface area contributed by atoms with Gasteiger partial charge in [0.25, 0.3) is 0 Å². The third-order valence-electron chi connectivity index (χ3n) is 15.3. The van der Waals surface area contributed by atoms with Crippen molar-refractivity contribution in [1.82, 2.24) is 0 Å². The zero-order valence-corrected chi connectivity index (χ0v) is 31.5. The molecule has 262 valence electrons. The molecule has 11 rings (SSSR count). The largest absolute Gasteiger partial charge is 0.334 e. The van der Waals surface area contributed by atoms with Gasteiger partial charge in [-0.1, -0.05) is 112 Å². The molecule has 2 nitrogen and oxygen atoms in total. The van der Waals surface area contributed by atoms with Crippen LogP contribution in [0.4, 0.5) is 22.7 Å². The highest BCUT2D eigenvalue weighted by molar-refractivity contribution is 5.86. The van der Waals surface area contributed by atoms with Crippen LogP contribution in [0, 0.1) is 0 Å². The Labute approximate surface area is 315 Å². The van der Waals surface area contributed by atoms with Crippen molar-refractivity contribution in [3.63, 3.8) is 0 Å². The molecule has 2 aliphatic heterocycles. The Morgan fingerprint density at radius 1 is 0.415 bits per heavy atom. The fourth-order valence-corrected chi connectivity index (χ4v) is 12.0. The predicted octanol–water partition coefficient (Wildman–Crippen LogP) is 13.3. The minimum absolute atomic E-state index is 0.0845. The zero-order chi connectivity index (χ0) is 35.7. The van der Waals surface area contributed by atoms with Crippen LogP contribution < -0.4 is 9.80 Å². The molecule has 5 aliphatic rings. The van der Waals surface area contributed by atoms with Gasteiger partial charge in [-0.25, -0.2) is 0 Å². The van der Waals surface area contributed by atoms with Crippen LogP contribution in [0.1, 0.15) is 88.5 Å². The number of fused-ring (bicyclic) bond motifs is 9. The standard InChI is InChI=1S/C51H48N2/c1-48-25-11-27-50(48,3)52(40-13-7-5-8-14-40)46-23-19-36(32-44(46)48)34-17-21-42-38(29-34)31-39-30-35(18-22-43(39)42)37-20-24-47-45(33-37)49(2)26-12-28-51(49,4)53(47)41-15-9-6-10-16-41/h5-10,13-24,29-30,32-33H,11-12,25-28,31H2,1-4H3. The van der Waals surface area contributed by atoms with E-state index in [0.717, 1.165) is 6.42 Å². The molecule has 2 fully saturated rings. The van der Waals surface area contributed by atoms with Gasteiger partial charge >= 0.3 is 0 Å². The summed E-state index contributed by atoms with van der Waals surface area (Å²) in [7, 11) is 0. The van der Waals surface area contributed by atoms with Gasteiger partial charge in [-0.2, -0.15) is 0 Å². The Bertz CT molecular complexity index is 2290. The highest BCUT2D eigenvalue weighted by atomic mass is 15.3. The molecule has 0 spiro atoms. The summed E-state index contributed by atoms with van der Waals surface area (Å²) in [6.45, 7) is 10.0. The average molecular weight is 689 g/mol. The molecule has 53 heavy (non-hydrogen) atoms. The van der Waals surface area contributed by atoms with Gasteiger partial charge in [0.1, 0.15) is 0 Å². The number of benzene rings is 6. The van der Waals surface area contributed by atoms with Crippen LogP contribution >= 0.6 is 0 Å². The quantitative estimate of drug-likeness (QED) is 0.182. The summed E-state index contributed by atoms with van der Waals surface area (Å²) in [4.78, 5) is 5.31. The van der Waals surface area contributed by atoms with Crippen molar-refractivity contribution in [2.75, 3.05) is 9.80 Å². The minimum Gasteiger partial charge on any atom is -0.334 e. The molecular weight excluding hydrogens is 641 g/mol. The maximum atomic E-state index is 2.66. The Hall–Kier alpha value is -5.08. The number of anilines is 4. The number of rotatable bonds is 4. The second-order valence-electron chi connectivity index (χ2n) is 17.6. The summed E-state index contributed by atoms with van der Waals surface area (Å²) in [5.41, 5.74) is 19.8.